The van der Waals surface area contributed by atoms with E-state index in [2.05, 4.69) is 34.8 Å². The third-order valence-electron chi connectivity index (χ3n) is 7.46. The van der Waals surface area contributed by atoms with Crippen molar-refractivity contribution in [3.05, 3.63) is 29.8 Å². The van der Waals surface area contributed by atoms with Gasteiger partial charge in [0, 0.05) is 0 Å². The molecule has 4 aliphatic rings. The van der Waals surface area contributed by atoms with Crippen molar-refractivity contribution in [2.24, 2.45) is 5.92 Å². The van der Waals surface area contributed by atoms with Crippen LogP contribution in [0.4, 0.5) is 0 Å². The third-order valence-corrected chi connectivity index (χ3v) is 12.5. The van der Waals surface area contributed by atoms with Gasteiger partial charge in [0.1, 0.15) is 0 Å². The summed E-state index contributed by atoms with van der Waals surface area (Å²) >= 11 is -2.36. The molecular formula is C22H32GaNO2. The molecule has 2 saturated heterocycles. The van der Waals surface area contributed by atoms with E-state index in [0.29, 0.717) is 18.2 Å². The van der Waals surface area contributed by atoms with Gasteiger partial charge in [-0.3, -0.25) is 0 Å². The zero-order valence-corrected chi connectivity index (χ0v) is 18.5. The Morgan fingerprint density at radius 2 is 1.73 bits per heavy atom. The summed E-state index contributed by atoms with van der Waals surface area (Å²) in [6.07, 6.45) is 14.1. The van der Waals surface area contributed by atoms with Crippen LogP contribution in [-0.4, -0.2) is 39.0 Å². The van der Waals surface area contributed by atoms with Crippen molar-refractivity contribution in [2.45, 2.75) is 95.2 Å². The van der Waals surface area contributed by atoms with Crippen LogP contribution in [0.15, 0.2) is 24.3 Å². The average molecular weight is 412 g/mol. The number of rotatable bonds is 3. The van der Waals surface area contributed by atoms with Gasteiger partial charge in [-0.1, -0.05) is 0 Å². The Bertz CT molecular complexity index is 615. The number of benzene rings is 1. The summed E-state index contributed by atoms with van der Waals surface area (Å²) in [5.41, 5.74) is 1.51. The van der Waals surface area contributed by atoms with Gasteiger partial charge in [-0.15, -0.1) is 0 Å². The molecule has 0 amide bonds. The predicted molar refractivity (Wildman–Crippen MR) is 105 cm³/mol. The van der Waals surface area contributed by atoms with E-state index in [1.807, 2.05) is 0 Å². The molecule has 0 bridgehead atoms. The van der Waals surface area contributed by atoms with Crippen LogP contribution < -0.4 is 3.53 Å². The molecule has 4 atom stereocenters. The van der Waals surface area contributed by atoms with E-state index in [1.54, 1.807) is 0 Å². The van der Waals surface area contributed by atoms with Gasteiger partial charge in [0.25, 0.3) is 0 Å². The number of hydrogen-bond acceptors (Lipinski definition) is 3. The first kappa shape index (κ1) is 17.7. The fourth-order valence-electron chi connectivity index (χ4n) is 6.05. The van der Waals surface area contributed by atoms with Gasteiger partial charge < -0.3 is 0 Å². The molecule has 2 aliphatic heterocycles. The first-order chi connectivity index (χ1) is 12.8. The van der Waals surface area contributed by atoms with Crippen LogP contribution >= 0.6 is 0 Å². The quantitative estimate of drug-likeness (QED) is 0.641. The number of nitrogens with zero attached hydrogens (tertiary/aromatic N) is 1. The fraction of sp³-hybridized carbons (Fsp3) is 0.727. The van der Waals surface area contributed by atoms with Gasteiger partial charge in [-0.2, -0.15) is 0 Å². The van der Waals surface area contributed by atoms with Crippen LogP contribution in [0.25, 0.3) is 0 Å². The Kier molecular flexibility index (Phi) is 5.12. The normalized spacial score (nSPS) is 35.3. The van der Waals surface area contributed by atoms with E-state index in [9.17, 15) is 0 Å². The van der Waals surface area contributed by atoms with E-state index in [0.717, 1.165) is 17.6 Å². The van der Waals surface area contributed by atoms with Crippen LogP contribution in [0, 0.1) is 5.92 Å². The molecule has 2 heterocycles. The van der Waals surface area contributed by atoms with Crippen molar-refractivity contribution in [1.82, 2.24) is 3.61 Å². The molecule has 0 radical (unpaired) electrons. The molecule has 2 aliphatic carbocycles. The summed E-state index contributed by atoms with van der Waals surface area (Å²) in [5, 5.41) is 0. The van der Waals surface area contributed by atoms with Crippen molar-refractivity contribution in [2.75, 3.05) is 0 Å². The second kappa shape index (κ2) is 7.54. The van der Waals surface area contributed by atoms with Crippen molar-refractivity contribution in [3.63, 3.8) is 0 Å². The Morgan fingerprint density at radius 3 is 2.54 bits per heavy atom. The summed E-state index contributed by atoms with van der Waals surface area (Å²) in [6, 6.07) is 10.4. The van der Waals surface area contributed by atoms with Gasteiger partial charge in [-0.05, 0) is 0 Å². The van der Waals surface area contributed by atoms with Crippen LogP contribution in [0.1, 0.15) is 82.6 Å². The first-order valence-corrected chi connectivity index (χ1v) is 14.1. The molecule has 4 fully saturated rings. The van der Waals surface area contributed by atoms with Crippen molar-refractivity contribution >= 4 is 17.2 Å². The minimum atomic E-state index is -2.36. The van der Waals surface area contributed by atoms with Crippen molar-refractivity contribution in [1.29, 1.82) is 0 Å². The van der Waals surface area contributed by atoms with Gasteiger partial charge in [0.05, 0.1) is 0 Å². The fourth-order valence-corrected chi connectivity index (χ4v) is 11.5. The molecule has 1 aromatic carbocycles. The molecule has 0 spiro atoms. The molecule has 0 aromatic heterocycles. The van der Waals surface area contributed by atoms with Crippen molar-refractivity contribution < 1.29 is 7.06 Å². The van der Waals surface area contributed by atoms with Crippen LogP contribution in [0.5, 0.6) is 5.75 Å². The van der Waals surface area contributed by atoms with Gasteiger partial charge >= 0.3 is 165 Å². The summed E-state index contributed by atoms with van der Waals surface area (Å²) in [7, 11) is 0. The monoisotopic (exact) mass is 411 g/mol. The molecule has 5 rings (SSSR count). The molecule has 1 aromatic rings. The Morgan fingerprint density at radius 1 is 0.923 bits per heavy atom. The molecule has 4 unspecified atom stereocenters. The van der Waals surface area contributed by atoms with Crippen LogP contribution in [-0.2, 0) is 3.53 Å². The Labute approximate surface area is 164 Å². The van der Waals surface area contributed by atoms with E-state index in [4.69, 9.17) is 7.06 Å². The number of piperidine rings is 1. The zero-order chi connectivity index (χ0) is 17.5. The summed E-state index contributed by atoms with van der Waals surface area (Å²) in [4.78, 5) is 0. The molecule has 3 nitrogen and oxygen atoms in total. The standard InChI is InChI=1S/C12H16O.C10H17NO.Ga/c13-12-8-6-11(7-9-12)10-4-2-1-3-5-10;1-7-5-6-8-3-2-4-9(12)10(8)11-7;/h6-10,13H,1-5H2;7-10H,2-6H2,1H3;/q;-2;+3/p-1. The third kappa shape index (κ3) is 3.27. The Balaban J connectivity index is 1.29. The average Bonchev–Trinajstić information content (AvgIpc) is 3.06. The van der Waals surface area contributed by atoms with E-state index < -0.39 is 17.2 Å². The molecule has 4 heteroatoms. The molecule has 140 valence electrons. The molecular weight excluding hydrogens is 380 g/mol. The molecule has 26 heavy (non-hydrogen) atoms. The number of hydrogen-bond donors (Lipinski definition) is 0. The topological polar surface area (TPSA) is 21.7 Å². The molecule has 0 N–H and O–H groups in total. The minimum absolute atomic E-state index is 0.461. The van der Waals surface area contributed by atoms with E-state index in [1.165, 1.54) is 69.8 Å². The first-order valence-electron chi connectivity index (χ1n) is 11.0. The predicted octanol–water partition coefficient (Wildman–Crippen LogP) is 5.15. The summed E-state index contributed by atoms with van der Waals surface area (Å²) in [5.74, 6) is 2.67. The second-order valence-corrected chi connectivity index (χ2v) is 12.7. The van der Waals surface area contributed by atoms with Crippen LogP contribution in [0.3, 0.4) is 0 Å². The van der Waals surface area contributed by atoms with Gasteiger partial charge in [-0.25, -0.2) is 0 Å². The second-order valence-electron chi connectivity index (χ2n) is 9.06. The zero-order valence-electron chi connectivity index (χ0n) is 16.1. The Hall–Kier alpha value is -0.424. The van der Waals surface area contributed by atoms with E-state index in [-0.39, 0.29) is 0 Å². The van der Waals surface area contributed by atoms with Crippen molar-refractivity contribution in [3.8, 4) is 5.75 Å². The summed E-state index contributed by atoms with van der Waals surface area (Å²) in [6.45, 7) is 2.39. The maximum absolute atomic E-state index is 6.59. The molecule has 2 saturated carbocycles. The van der Waals surface area contributed by atoms with Crippen LogP contribution in [0.2, 0.25) is 0 Å². The summed E-state index contributed by atoms with van der Waals surface area (Å²) < 4.78 is 15.9. The van der Waals surface area contributed by atoms with Gasteiger partial charge in [0.15, 0.2) is 0 Å². The maximum atomic E-state index is 6.59. The van der Waals surface area contributed by atoms with Gasteiger partial charge in [0.2, 0.25) is 0 Å². The van der Waals surface area contributed by atoms with E-state index >= 15 is 0 Å². The SMILES string of the molecule is CC1CCC2CCCC3[O][Ga]([O]c4ccc(C5CCCCC5)cc4)[N]1C23.